The fraction of sp³-hybridized carbons (Fsp3) is 0. The number of pyridine rings is 10. The molecule has 0 atom stereocenters. The van der Waals surface area contributed by atoms with Crippen molar-refractivity contribution in [1.82, 2.24) is 49.8 Å². The fourth-order valence-electron chi connectivity index (χ4n) is 5.29. The van der Waals surface area contributed by atoms with Crippen LogP contribution in [0.25, 0.3) is 0 Å². The normalized spacial score (nSPS) is 9.11. The Kier molecular flexibility index (Phi) is 31.2. The molecular formula is C54H42Cu3N14O8. The van der Waals surface area contributed by atoms with Crippen LogP contribution in [-0.4, -0.2) is 73.7 Å². The summed E-state index contributed by atoms with van der Waals surface area (Å²) in [5, 5.41) is 53.0. The Morgan fingerprint density at radius 2 is 0.456 bits per heavy atom. The number of carbonyl (C=O) groups is 4. The first-order valence-electron chi connectivity index (χ1n) is 22.2. The third kappa shape index (κ3) is 26.5. The molecule has 0 aliphatic carbocycles. The van der Waals surface area contributed by atoms with Crippen LogP contribution in [0.5, 0.6) is 0 Å². The minimum atomic E-state index is -1.44. The number of carboxylic acid groups (broad SMARTS) is 4. The minimum absolute atomic E-state index is 0. The van der Waals surface area contributed by atoms with Gasteiger partial charge in [0.15, 0.2) is 0 Å². The van der Waals surface area contributed by atoms with Crippen LogP contribution in [0.2, 0.25) is 0 Å². The second kappa shape index (κ2) is 37.8. The summed E-state index contributed by atoms with van der Waals surface area (Å²) in [6.07, 6.45) is 15.7. The van der Waals surface area contributed by atoms with Crippen LogP contribution in [0.4, 0.5) is 46.5 Å². The molecule has 10 aromatic rings. The first kappa shape index (κ1) is 65.3. The van der Waals surface area contributed by atoms with E-state index in [0.29, 0.717) is 0 Å². The van der Waals surface area contributed by atoms with Crippen molar-refractivity contribution in [1.29, 1.82) is 0 Å². The van der Waals surface area contributed by atoms with Crippen LogP contribution in [0.1, 0.15) is 41.7 Å². The van der Waals surface area contributed by atoms with Crippen molar-refractivity contribution in [3.63, 3.8) is 0 Å². The average Bonchev–Trinajstić information content (AvgIpc) is 3.46. The monoisotopic (exact) mass is 1200 g/mol. The Morgan fingerprint density at radius 3 is 0.570 bits per heavy atom. The van der Waals surface area contributed by atoms with E-state index in [2.05, 4.69) is 71.1 Å². The number of anilines is 8. The molecule has 10 aromatic heterocycles. The first-order valence-corrected chi connectivity index (χ1v) is 22.2. The summed E-state index contributed by atoms with van der Waals surface area (Å²) in [5.74, 6) is 0.772. The fourth-order valence-corrected chi connectivity index (χ4v) is 5.29. The molecule has 0 unspecified atom stereocenters. The molecule has 0 aliphatic rings. The Labute approximate surface area is 483 Å². The van der Waals surface area contributed by atoms with Gasteiger partial charge in [-0.25, -0.2) is 39.9 Å². The summed E-state index contributed by atoms with van der Waals surface area (Å²) >= 11 is 0. The summed E-state index contributed by atoms with van der Waals surface area (Å²) in [5.41, 5.74) is -0.944. The predicted molar refractivity (Wildman–Crippen MR) is 273 cm³/mol. The van der Waals surface area contributed by atoms with E-state index in [-0.39, 0.29) is 73.7 Å². The maximum atomic E-state index is 10.2. The van der Waals surface area contributed by atoms with E-state index in [0.717, 1.165) is 83.2 Å². The molecule has 0 saturated carbocycles. The van der Waals surface area contributed by atoms with Crippen molar-refractivity contribution in [3.8, 4) is 0 Å². The number of carbonyl (C=O) groups excluding carboxylic acids is 4. The quantitative estimate of drug-likeness (QED) is 0.122. The molecule has 0 bridgehead atoms. The third-order valence-corrected chi connectivity index (χ3v) is 8.76. The predicted octanol–water partition coefficient (Wildman–Crippen LogP) is 4.49. The summed E-state index contributed by atoms with van der Waals surface area (Å²) in [6.45, 7) is 0. The summed E-state index contributed by atoms with van der Waals surface area (Å²) in [4.78, 5) is 80.2. The zero-order valence-electron chi connectivity index (χ0n) is 40.6. The number of hydrogen-bond acceptors (Lipinski definition) is 22. The first-order chi connectivity index (χ1) is 37.0. The zero-order valence-corrected chi connectivity index (χ0v) is 43.4. The number of carboxylic acids is 4. The molecule has 25 heteroatoms. The van der Waals surface area contributed by atoms with E-state index in [1.165, 1.54) is 0 Å². The molecule has 10 heterocycles. The molecule has 0 aromatic carbocycles. The molecule has 409 valence electrons. The van der Waals surface area contributed by atoms with Gasteiger partial charge in [0.25, 0.3) is 0 Å². The standard InChI is InChI=1S/4C10H9N3.2C7H5NO4.3Cu/c4*1-3-7-11-9(5-1)13-10-6-2-4-8-12-10;2*9-6(10)4-1-2-5(7(11)12)8-3-4;;;/h4*1-8H,(H,11,12,13);2*1-3H,(H,9,10)(H,11,12);;;/q;;;;;;2*+1;+2/p-4. The summed E-state index contributed by atoms with van der Waals surface area (Å²) < 4.78 is 0. The van der Waals surface area contributed by atoms with Crippen molar-refractivity contribution >= 4 is 70.4 Å². The third-order valence-electron chi connectivity index (χ3n) is 8.76. The van der Waals surface area contributed by atoms with Gasteiger partial charge in [0.05, 0.1) is 35.3 Å². The van der Waals surface area contributed by atoms with Gasteiger partial charge in [0, 0.05) is 73.1 Å². The molecule has 79 heavy (non-hydrogen) atoms. The van der Waals surface area contributed by atoms with Crippen LogP contribution >= 0.6 is 0 Å². The van der Waals surface area contributed by atoms with Gasteiger partial charge < -0.3 is 60.9 Å². The number of hydrogen-bond donors (Lipinski definition) is 4. The van der Waals surface area contributed by atoms with Gasteiger partial charge >= 0.3 is 51.2 Å². The Bertz CT molecular complexity index is 2650. The Hall–Kier alpha value is -9.86. The van der Waals surface area contributed by atoms with E-state index in [9.17, 15) is 39.6 Å². The van der Waals surface area contributed by atoms with Gasteiger partial charge in [-0.1, -0.05) is 48.5 Å². The molecular weight excluding hydrogens is 1160 g/mol. The van der Waals surface area contributed by atoms with E-state index in [1.807, 2.05) is 146 Å². The molecule has 0 fully saturated rings. The van der Waals surface area contributed by atoms with Crippen LogP contribution in [0.15, 0.2) is 232 Å². The molecule has 0 amide bonds. The van der Waals surface area contributed by atoms with Crippen molar-refractivity contribution in [2.45, 2.75) is 0 Å². The molecule has 0 aliphatic heterocycles. The average molecular weight is 1210 g/mol. The molecule has 0 spiro atoms. The number of aromatic nitrogens is 10. The number of aromatic carboxylic acids is 4. The van der Waals surface area contributed by atoms with Gasteiger partial charge in [0.1, 0.15) is 46.5 Å². The van der Waals surface area contributed by atoms with Crippen molar-refractivity contribution < 1.29 is 90.8 Å². The molecule has 10 rings (SSSR count). The van der Waals surface area contributed by atoms with Gasteiger partial charge in [-0.15, -0.1) is 0 Å². The molecule has 22 nitrogen and oxygen atoms in total. The van der Waals surface area contributed by atoms with E-state index in [1.54, 1.807) is 49.6 Å². The molecule has 0 saturated heterocycles. The van der Waals surface area contributed by atoms with Gasteiger partial charge in [0.2, 0.25) is 0 Å². The van der Waals surface area contributed by atoms with Gasteiger partial charge in [-0.05, 0) is 121 Å². The number of rotatable bonds is 12. The SMILES string of the molecule is O=C([O-])c1ccc(C(=O)[O-])nc1.O=C([O-])c1ccc(C(=O)[O-])nc1.[Cu+2].[Cu+].[Cu+].c1ccc(Nc2ccccn2)nc1.c1ccc(Nc2ccccn2)nc1.c1ccc(Nc2ccccn2)nc1.c1ccc(Nc2ccccn2)nc1. The number of nitrogens with zero attached hydrogens (tertiary/aromatic N) is 10. The van der Waals surface area contributed by atoms with Gasteiger partial charge in [-0.2, -0.15) is 0 Å². The maximum Gasteiger partial charge on any atom is 2.00 e. The van der Waals surface area contributed by atoms with Crippen molar-refractivity contribution in [2.75, 3.05) is 21.3 Å². The molecule has 1 radical (unpaired) electrons. The zero-order chi connectivity index (χ0) is 54.0. The Balaban J connectivity index is 0.000000322. The van der Waals surface area contributed by atoms with Crippen molar-refractivity contribution in [2.24, 2.45) is 0 Å². The summed E-state index contributed by atoms with van der Waals surface area (Å²) in [7, 11) is 0. The van der Waals surface area contributed by atoms with Crippen molar-refractivity contribution in [3.05, 3.63) is 254 Å². The van der Waals surface area contributed by atoms with Gasteiger partial charge in [-0.3, -0.25) is 9.97 Å². The van der Waals surface area contributed by atoms with Crippen LogP contribution < -0.4 is 41.7 Å². The van der Waals surface area contributed by atoms with E-state index >= 15 is 0 Å². The largest absolute Gasteiger partial charge is 2.00 e. The number of nitrogens with one attached hydrogen (secondary N) is 4. The Morgan fingerprint density at radius 1 is 0.266 bits per heavy atom. The van der Waals surface area contributed by atoms with E-state index < -0.39 is 23.9 Å². The van der Waals surface area contributed by atoms with E-state index in [4.69, 9.17) is 0 Å². The van der Waals surface area contributed by atoms with Crippen LogP contribution in [-0.2, 0) is 51.2 Å². The smallest absolute Gasteiger partial charge is 0.545 e. The summed E-state index contributed by atoms with van der Waals surface area (Å²) in [6, 6.07) is 49.9. The second-order valence-corrected chi connectivity index (χ2v) is 14.2. The maximum absolute atomic E-state index is 10.2. The second-order valence-electron chi connectivity index (χ2n) is 14.2. The minimum Gasteiger partial charge on any atom is -0.545 e. The van der Waals surface area contributed by atoms with Crippen LogP contribution in [0.3, 0.4) is 0 Å². The molecule has 4 N–H and O–H groups in total. The van der Waals surface area contributed by atoms with Crippen LogP contribution in [0, 0.1) is 0 Å². The topological polar surface area (TPSA) is 338 Å².